The van der Waals surface area contributed by atoms with Gasteiger partial charge >= 0.3 is 6.09 Å². The van der Waals surface area contributed by atoms with Crippen molar-refractivity contribution >= 4 is 6.09 Å². The number of amides is 1. The maximum Gasteiger partial charge on any atom is 0.414 e. The van der Waals surface area contributed by atoms with Crippen molar-refractivity contribution in [2.75, 3.05) is 13.2 Å². The van der Waals surface area contributed by atoms with Gasteiger partial charge in [0.2, 0.25) is 0 Å². The highest BCUT2D eigenvalue weighted by Gasteiger charge is 2.11. The summed E-state index contributed by atoms with van der Waals surface area (Å²) in [5.74, 6) is 0. The van der Waals surface area contributed by atoms with Crippen LogP contribution >= 0.6 is 0 Å². The lowest BCUT2D eigenvalue weighted by molar-refractivity contribution is 0.121. The van der Waals surface area contributed by atoms with Gasteiger partial charge in [0.15, 0.2) is 0 Å². The predicted octanol–water partition coefficient (Wildman–Crippen LogP) is 0.972. The minimum Gasteiger partial charge on any atom is -0.445 e. The van der Waals surface area contributed by atoms with Crippen LogP contribution < -0.4 is 0 Å². The molecule has 9 heavy (non-hydrogen) atoms. The van der Waals surface area contributed by atoms with E-state index in [2.05, 4.69) is 4.74 Å². The molecule has 1 heterocycles. The van der Waals surface area contributed by atoms with Crippen LogP contribution in [0.4, 0.5) is 4.79 Å². The van der Waals surface area contributed by atoms with Gasteiger partial charge in [0.05, 0.1) is 0 Å². The molecule has 0 fully saturated rings. The van der Waals surface area contributed by atoms with E-state index in [1.54, 1.807) is 6.20 Å². The SMILES string of the molecule is CCN1C=CCOC1=O. The summed E-state index contributed by atoms with van der Waals surface area (Å²) >= 11 is 0. The van der Waals surface area contributed by atoms with Crippen molar-refractivity contribution in [1.29, 1.82) is 0 Å². The Morgan fingerprint density at radius 3 is 3.11 bits per heavy atom. The minimum absolute atomic E-state index is 0.250. The fourth-order valence-electron chi connectivity index (χ4n) is 0.668. The smallest absolute Gasteiger partial charge is 0.414 e. The standard InChI is InChI=1S/C6H9NO2/c1-2-7-4-3-5-9-6(7)8/h3-4H,2,5H2,1H3. The molecule has 0 aromatic heterocycles. The molecule has 1 amide bonds. The van der Waals surface area contributed by atoms with Gasteiger partial charge in [-0.2, -0.15) is 0 Å². The molecule has 3 heteroatoms. The molecular weight excluding hydrogens is 118 g/mol. The van der Waals surface area contributed by atoms with Crippen LogP contribution in [0.2, 0.25) is 0 Å². The average Bonchev–Trinajstić information content (AvgIpc) is 1.89. The van der Waals surface area contributed by atoms with Crippen molar-refractivity contribution in [3.05, 3.63) is 12.3 Å². The Morgan fingerprint density at radius 2 is 2.67 bits per heavy atom. The second kappa shape index (κ2) is 2.53. The summed E-state index contributed by atoms with van der Waals surface area (Å²) in [5.41, 5.74) is 0. The lowest BCUT2D eigenvalue weighted by atomic mass is 10.5. The first-order valence-corrected chi connectivity index (χ1v) is 2.94. The number of rotatable bonds is 1. The number of cyclic esters (lactones) is 1. The van der Waals surface area contributed by atoms with Crippen LogP contribution in [0.5, 0.6) is 0 Å². The van der Waals surface area contributed by atoms with Crippen LogP contribution in [0.3, 0.4) is 0 Å². The van der Waals surface area contributed by atoms with Crippen LogP contribution in [0, 0.1) is 0 Å². The third-order valence-corrected chi connectivity index (χ3v) is 1.16. The van der Waals surface area contributed by atoms with Crippen molar-refractivity contribution < 1.29 is 9.53 Å². The van der Waals surface area contributed by atoms with E-state index >= 15 is 0 Å². The molecule has 50 valence electrons. The zero-order valence-electron chi connectivity index (χ0n) is 5.33. The van der Waals surface area contributed by atoms with Gasteiger partial charge in [0.25, 0.3) is 0 Å². The molecule has 1 rings (SSSR count). The highest BCUT2D eigenvalue weighted by molar-refractivity contribution is 5.69. The normalized spacial score (nSPS) is 17.9. The fourth-order valence-corrected chi connectivity index (χ4v) is 0.668. The summed E-state index contributed by atoms with van der Waals surface area (Å²) in [4.78, 5) is 12.2. The van der Waals surface area contributed by atoms with E-state index in [-0.39, 0.29) is 6.09 Å². The zero-order chi connectivity index (χ0) is 6.69. The van der Waals surface area contributed by atoms with Crippen molar-refractivity contribution in [3.63, 3.8) is 0 Å². The van der Waals surface area contributed by atoms with Gasteiger partial charge in [0, 0.05) is 12.7 Å². The maximum absolute atomic E-state index is 10.7. The summed E-state index contributed by atoms with van der Waals surface area (Å²) in [6.45, 7) is 2.99. The van der Waals surface area contributed by atoms with Gasteiger partial charge in [-0.05, 0) is 13.0 Å². The van der Waals surface area contributed by atoms with Gasteiger partial charge in [-0.25, -0.2) is 4.79 Å². The summed E-state index contributed by atoms with van der Waals surface area (Å²) < 4.78 is 4.68. The molecule has 0 saturated carbocycles. The Bertz CT molecular complexity index is 142. The quantitative estimate of drug-likeness (QED) is 0.525. The molecule has 0 radical (unpaired) electrons. The van der Waals surface area contributed by atoms with E-state index in [0.717, 1.165) is 0 Å². The lowest BCUT2D eigenvalue weighted by Crippen LogP contribution is -2.29. The van der Waals surface area contributed by atoms with Crippen molar-refractivity contribution in [2.24, 2.45) is 0 Å². The molecular formula is C6H9NO2. The fraction of sp³-hybridized carbons (Fsp3) is 0.500. The molecule has 0 unspecified atom stereocenters. The van der Waals surface area contributed by atoms with Gasteiger partial charge in [0.1, 0.15) is 6.61 Å². The van der Waals surface area contributed by atoms with Crippen molar-refractivity contribution in [3.8, 4) is 0 Å². The van der Waals surface area contributed by atoms with Gasteiger partial charge < -0.3 is 4.74 Å². The van der Waals surface area contributed by atoms with Crippen LogP contribution in [0.1, 0.15) is 6.92 Å². The Kier molecular flexibility index (Phi) is 1.72. The van der Waals surface area contributed by atoms with Crippen LogP contribution in [0.25, 0.3) is 0 Å². The summed E-state index contributed by atoms with van der Waals surface area (Å²) in [6, 6.07) is 0. The molecule has 0 aliphatic carbocycles. The third kappa shape index (κ3) is 1.22. The lowest BCUT2D eigenvalue weighted by Gasteiger charge is -2.18. The maximum atomic E-state index is 10.7. The van der Waals surface area contributed by atoms with Crippen LogP contribution in [-0.4, -0.2) is 24.1 Å². The molecule has 0 saturated heterocycles. The van der Waals surface area contributed by atoms with Gasteiger partial charge in [-0.1, -0.05) is 0 Å². The molecule has 0 aromatic carbocycles. The Balaban J connectivity index is 2.57. The van der Waals surface area contributed by atoms with Crippen LogP contribution in [0.15, 0.2) is 12.3 Å². The minimum atomic E-state index is -0.250. The first-order valence-electron chi connectivity index (χ1n) is 2.94. The number of hydrogen-bond donors (Lipinski definition) is 0. The van der Waals surface area contributed by atoms with Gasteiger partial charge in [-0.3, -0.25) is 4.90 Å². The average molecular weight is 127 g/mol. The summed E-state index contributed by atoms with van der Waals surface area (Å²) in [5, 5.41) is 0. The van der Waals surface area contributed by atoms with E-state index < -0.39 is 0 Å². The predicted molar refractivity (Wildman–Crippen MR) is 32.9 cm³/mol. The summed E-state index contributed by atoms with van der Waals surface area (Å²) in [7, 11) is 0. The van der Waals surface area contributed by atoms with E-state index in [4.69, 9.17) is 0 Å². The largest absolute Gasteiger partial charge is 0.445 e. The molecule has 0 spiro atoms. The molecule has 1 aliphatic heterocycles. The van der Waals surface area contributed by atoms with E-state index in [1.165, 1.54) is 4.90 Å². The number of ether oxygens (including phenoxy) is 1. The van der Waals surface area contributed by atoms with Crippen LogP contribution in [-0.2, 0) is 4.74 Å². The number of carbonyl (C=O) groups excluding carboxylic acids is 1. The highest BCUT2D eigenvalue weighted by atomic mass is 16.6. The van der Waals surface area contributed by atoms with Crippen molar-refractivity contribution in [2.45, 2.75) is 6.92 Å². The van der Waals surface area contributed by atoms with E-state index in [1.807, 2.05) is 13.0 Å². The Morgan fingerprint density at radius 1 is 1.89 bits per heavy atom. The molecule has 1 aliphatic rings. The van der Waals surface area contributed by atoms with E-state index in [9.17, 15) is 4.79 Å². The monoisotopic (exact) mass is 127 g/mol. The molecule has 0 aromatic rings. The molecule has 0 atom stereocenters. The highest BCUT2D eigenvalue weighted by Crippen LogP contribution is 2.00. The number of nitrogens with zero attached hydrogens (tertiary/aromatic N) is 1. The molecule has 0 N–H and O–H groups in total. The topological polar surface area (TPSA) is 29.5 Å². The van der Waals surface area contributed by atoms with Gasteiger partial charge in [-0.15, -0.1) is 0 Å². The van der Waals surface area contributed by atoms with Crippen molar-refractivity contribution in [1.82, 2.24) is 4.90 Å². The second-order valence-corrected chi connectivity index (χ2v) is 1.75. The Labute approximate surface area is 53.9 Å². The zero-order valence-corrected chi connectivity index (χ0v) is 5.33. The Hall–Kier alpha value is -0.990. The summed E-state index contributed by atoms with van der Waals surface area (Å²) in [6.07, 6.45) is 3.30. The molecule has 0 bridgehead atoms. The second-order valence-electron chi connectivity index (χ2n) is 1.75. The number of carbonyl (C=O) groups is 1. The first-order chi connectivity index (χ1) is 4.34. The number of hydrogen-bond acceptors (Lipinski definition) is 2. The molecule has 3 nitrogen and oxygen atoms in total. The van der Waals surface area contributed by atoms with E-state index in [0.29, 0.717) is 13.2 Å². The third-order valence-electron chi connectivity index (χ3n) is 1.16. The first kappa shape index (κ1) is 6.13.